The number of carbonyl (C=O) groups excluding carboxylic acids is 2. The molecule has 0 unspecified atom stereocenters. The summed E-state index contributed by atoms with van der Waals surface area (Å²) in [6.07, 6.45) is 1.84. The summed E-state index contributed by atoms with van der Waals surface area (Å²) in [4.78, 5) is 28.0. The molecule has 0 bridgehead atoms. The summed E-state index contributed by atoms with van der Waals surface area (Å²) in [7, 11) is 1.69. The van der Waals surface area contributed by atoms with Crippen LogP contribution < -0.4 is 19.9 Å². The number of amides is 1. The summed E-state index contributed by atoms with van der Waals surface area (Å²) in [5.41, 5.74) is 2.27. The molecule has 0 aliphatic carbocycles. The number of nitrogens with one attached hydrogen (secondary N) is 2. The molecule has 0 radical (unpaired) electrons. The molecule has 31 heavy (non-hydrogen) atoms. The Morgan fingerprint density at radius 3 is 2.45 bits per heavy atom. The van der Waals surface area contributed by atoms with Gasteiger partial charge in [-0.1, -0.05) is 25.5 Å². The second kappa shape index (κ2) is 11.4. The second-order valence-electron chi connectivity index (χ2n) is 7.70. The molecule has 1 heterocycles. The molecule has 1 fully saturated rings. The van der Waals surface area contributed by atoms with Gasteiger partial charge in [0.25, 0.3) is 5.91 Å². The molecule has 0 aromatic heterocycles. The van der Waals surface area contributed by atoms with E-state index in [2.05, 4.69) is 16.3 Å². The minimum Gasteiger partial charge on any atom is -0.495 e. The van der Waals surface area contributed by atoms with E-state index in [-0.39, 0.29) is 11.9 Å². The zero-order valence-electron chi connectivity index (χ0n) is 18.4. The van der Waals surface area contributed by atoms with Gasteiger partial charge in [-0.05, 0) is 42.8 Å². The van der Waals surface area contributed by atoms with Crippen molar-refractivity contribution in [3.05, 3.63) is 54.1 Å². The van der Waals surface area contributed by atoms with E-state index >= 15 is 0 Å². The first-order valence-corrected chi connectivity index (χ1v) is 10.9. The van der Waals surface area contributed by atoms with Crippen molar-refractivity contribution in [3.63, 3.8) is 0 Å². The minimum atomic E-state index is -0.330. The number of carbonyl (C=O) groups is 2. The van der Waals surface area contributed by atoms with Gasteiger partial charge in [0.1, 0.15) is 5.75 Å². The van der Waals surface area contributed by atoms with Gasteiger partial charge in [-0.2, -0.15) is 0 Å². The van der Waals surface area contributed by atoms with Gasteiger partial charge in [0, 0.05) is 5.69 Å². The largest absolute Gasteiger partial charge is 0.495 e. The Morgan fingerprint density at radius 2 is 1.77 bits per heavy atom. The van der Waals surface area contributed by atoms with E-state index in [0.717, 1.165) is 50.5 Å². The Morgan fingerprint density at radius 1 is 1.06 bits per heavy atom. The molecule has 2 aromatic carbocycles. The third-order valence-electron chi connectivity index (χ3n) is 5.44. The maximum Gasteiger partial charge on any atom is 0.338 e. The van der Waals surface area contributed by atoms with Crippen molar-refractivity contribution < 1.29 is 24.0 Å². The Labute approximate surface area is 183 Å². The zero-order chi connectivity index (χ0) is 22.1. The van der Waals surface area contributed by atoms with Crippen LogP contribution in [0.1, 0.15) is 30.1 Å². The van der Waals surface area contributed by atoms with Crippen molar-refractivity contribution in [2.75, 3.05) is 56.7 Å². The van der Waals surface area contributed by atoms with Gasteiger partial charge in [0.2, 0.25) is 0 Å². The number of ether oxygens (including phenoxy) is 2. The molecule has 1 aliphatic rings. The molecule has 166 valence electrons. The number of esters is 1. The molecule has 2 N–H and O–H groups in total. The van der Waals surface area contributed by atoms with Gasteiger partial charge in [0.15, 0.2) is 6.54 Å². The maximum absolute atomic E-state index is 12.5. The van der Waals surface area contributed by atoms with Gasteiger partial charge in [0.05, 0.1) is 51.1 Å². The molecular weight excluding hydrogens is 394 g/mol. The summed E-state index contributed by atoms with van der Waals surface area (Å²) in [5.74, 6) is 0.518. The van der Waals surface area contributed by atoms with Crippen LogP contribution in [0.2, 0.25) is 0 Å². The number of hydrogen-bond acceptors (Lipinski definition) is 5. The summed E-state index contributed by atoms with van der Waals surface area (Å²) >= 11 is 0. The van der Waals surface area contributed by atoms with E-state index in [1.54, 1.807) is 31.4 Å². The van der Waals surface area contributed by atoms with Gasteiger partial charge in [-0.15, -0.1) is 0 Å². The monoisotopic (exact) mass is 426 g/mol. The highest BCUT2D eigenvalue weighted by Gasteiger charge is 2.24. The molecule has 1 saturated heterocycles. The average Bonchev–Trinajstić information content (AvgIpc) is 2.80. The van der Waals surface area contributed by atoms with Crippen LogP contribution in [-0.2, 0) is 9.53 Å². The van der Waals surface area contributed by atoms with Crippen LogP contribution in [0.25, 0.3) is 0 Å². The highest BCUT2D eigenvalue weighted by Crippen LogP contribution is 2.27. The number of piperazine rings is 1. The van der Waals surface area contributed by atoms with Crippen molar-refractivity contribution >= 4 is 23.3 Å². The Hall–Kier alpha value is -3.06. The number of anilines is 2. The standard InChI is InChI=1S/C24H31N3O4/c1-3-4-17-31-24(29)19-9-11-20(12-10-19)25-23(28)18-26-13-15-27(16-14-26)21-7-5-6-8-22(21)30-2/h5-12H,3-4,13-18H2,1-2H3,(H,25,28)/p+1. The van der Waals surface area contributed by atoms with Gasteiger partial charge in [-0.3, -0.25) is 4.79 Å². The first kappa shape index (κ1) is 22.6. The predicted molar refractivity (Wildman–Crippen MR) is 121 cm³/mol. The molecule has 7 heteroatoms. The van der Waals surface area contributed by atoms with E-state index in [4.69, 9.17) is 9.47 Å². The Kier molecular flexibility index (Phi) is 8.29. The molecule has 7 nitrogen and oxygen atoms in total. The van der Waals surface area contributed by atoms with E-state index in [1.165, 1.54) is 4.90 Å². The Balaban J connectivity index is 1.44. The first-order chi connectivity index (χ1) is 15.1. The third-order valence-corrected chi connectivity index (χ3v) is 5.44. The van der Waals surface area contributed by atoms with Crippen LogP contribution in [0.4, 0.5) is 11.4 Å². The molecule has 3 rings (SSSR count). The van der Waals surface area contributed by atoms with Crippen molar-refractivity contribution in [1.29, 1.82) is 0 Å². The van der Waals surface area contributed by atoms with Crippen LogP contribution in [0.5, 0.6) is 5.75 Å². The van der Waals surface area contributed by atoms with Gasteiger partial charge < -0.3 is 24.6 Å². The molecule has 1 amide bonds. The van der Waals surface area contributed by atoms with Crippen molar-refractivity contribution in [2.24, 2.45) is 0 Å². The first-order valence-electron chi connectivity index (χ1n) is 10.9. The molecule has 0 spiro atoms. The SMILES string of the molecule is CCCCOC(=O)c1ccc(NC(=O)C[NH+]2CCN(c3ccccc3OC)CC2)cc1. The molecule has 2 aromatic rings. The van der Waals surface area contributed by atoms with Crippen LogP contribution in [0.3, 0.4) is 0 Å². The fraction of sp³-hybridized carbons (Fsp3) is 0.417. The summed E-state index contributed by atoms with van der Waals surface area (Å²) in [6, 6.07) is 14.9. The fourth-order valence-corrected chi connectivity index (χ4v) is 3.65. The van der Waals surface area contributed by atoms with Crippen molar-refractivity contribution in [1.82, 2.24) is 0 Å². The number of para-hydroxylation sites is 2. The average molecular weight is 427 g/mol. The zero-order valence-corrected chi connectivity index (χ0v) is 18.4. The summed E-state index contributed by atoms with van der Waals surface area (Å²) < 4.78 is 10.7. The molecule has 0 atom stereocenters. The van der Waals surface area contributed by atoms with E-state index in [0.29, 0.717) is 24.4 Å². The fourth-order valence-electron chi connectivity index (χ4n) is 3.65. The highest BCUT2D eigenvalue weighted by atomic mass is 16.5. The van der Waals surface area contributed by atoms with Crippen LogP contribution >= 0.6 is 0 Å². The number of benzene rings is 2. The molecular formula is C24H32N3O4+. The summed E-state index contributed by atoms with van der Waals surface area (Å²) in [5, 5.41) is 2.92. The predicted octanol–water partition coefficient (Wildman–Crippen LogP) is 2.00. The second-order valence-corrected chi connectivity index (χ2v) is 7.70. The topological polar surface area (TPSA) is 72.3 Å². The smallest absolute Gasteiger partial charge is 0.338 e. The summed E-state index contributed by atoms with van der Waals surface area (Å²) in [6.45, 7) is 6.41. The van der Waals surface area contributed by atoms with E-state index < -0.39 is 0 Å². The maximum atomic E-state index is 12.5. The van der Waals surface area contributed by atoms with Crippen LogP contribution in [-0.4, -0.2) is 58.3 Å². The Bertz CT molecular complexity index is 861. The van der Waals surface area contributed by atoms with Crippen LogP contribution in [0.15, 0.2) is 48.5 Å². The lowest BCUT2D eigenvalue weighted by molar-refractivity contribution is -0.892. The number of hydrogen-bond donors (Lipinski definition) is 2. The quantitative estimate of drug-likeness (QED) is 0.474. The van der Waals surface area contributed by atoms with Crippen LogP contribution in [0, 0.1) is 0 Å². The molecule has 1 aliphatic heterocycles. The number of unbranched alkanes of at least 4 members (excludes halogenated alkanes) is 1. The van der Waals surface area contributed by atoms with E-state index in [9.17, 15) is 9.59 Å². The lowest BCUT2D eigenvalue weighted by Gasteiger charge is -2.34. The lowest BCUT2D eigenvalue weighted by atomic mass is 10.2. The number of rotatable bonds is 9. The van der Waals surface area contributed by atoms with Crippen molar-refractivity contribution in [3.8, 4) is 5.75 Å². The number of methoxy groups -OCH3 is 1. The highest BCUT2D eigenvalue weighted by molar-refractivity contribution is 5.93. The molecule has 0 saturated carbocycles. The number of nitrogens with zero attached hydrogens (tertiary/aromatic N) is 1. The third kappa shape index (κ3) is 6.46. The number of quaternary nitrogens is 1. The van der Waals surface area contributed by atoms with Gasteiger partial charge >= 0.3 is 5.97 Å². The lowest BCUT2D eigenvalue weighted by Crippen LogP contribution is -3.15. The van der Waals surface area contributed by atoms with E-state index in [1.807, 2.05) is 25.1 Å². The van der Waals surface area contributed by atoms with Crippen molar-refractivity contribution in [2.45, 2.75) is 19.8 Å². The normalized spacial score (nSPS) is 14.2. The minimum absolute atomic E-state index is 0.0287. The van der Waals surface area contributed by atoms with Gasteiger partial charge in [-0.25, -0.2) is 4.79 Å².